The summed E-state index contributed by atoms with van der Waals surface area (Å²) < 4.78 is 9.38. The Bertz CT molecular complexity index is 899. The molecule has 0 saturated carbocycles. The number of ether oxygens (including phenoxy) is 2. The first kappa shape index (κ1) is 16.3. The zero-order valence-electron chi connectivity index (χ0n) is 13.4. The Labute approximate surface area is 143 Å². The minimum absolute atomic E-state index is 0.0334. The van der Waals surface area contributed by atoms with E-state index in [1.165, 1.54) is 7.11 Å². The molecule has 0 atom stereocenters. The lowest BCUT2D eigenvalue weighted by Gasteiger charge is -2.03. The zero-order chi connectivity index (χ0) is 17.8. The highest BCUT2D eigenvalue weighted by molar-refractivity contribution is 5.95. The number of nitrogens with zero attached hydrogens (tertiary/aromatic N) is 1. The number of carbonyl (C=O) groups excluding carboxylic acids is 1. The van der Waals surface area contributed by atoms with Crippen LogP contribution in [0.5, 0.6) is 5.75 Å². The molecule has 1 heterocycles. The number of H-pyrrole nitrogens is 1. The van der Waals surface area contributed by atoms with E-state index < -0.39 is 6.16 Å². The standard InChI is InChI=1S/C18H16N4O3/c1-24-18(23)25-14-8-6-13(7-9-14)17-21-10-15(22-17)11-2-4-12(5-3-11)16(19)20/h2-10H,1H3,(H3,19,20)(H,21,22). The van der Waals surface area contributed by atoms with Gasteiger partial charge in [-0.25, -0.2) is 9.78 Å². The minimum atomic E-state index is -0.762. The number of imidazole rings is 1. The SMILES string of the molecule is COC(=O)Oc1ccc(-c2ncc(-c3ccc(C(=N)N)cc3)[nH]2)cc1. The van der Waals surface area contributed by atoms with Gasteiger partial charge in [0.05, 0.1) is 19.0 Å². The van der Waals surface area contributed by atoms with Crippen molar-refractivity contribution in [3.05, 3.63) is 60.3 Å². The normalized spacial score (nSPS) is 10.3. The van der Waals surface area contributed by atoms with Crippen LogP contribution < -0.4 is 10.5 Å². The summed E-state index contributed by atoms with van der Waals surface area (Å²) in [5.74, 6) is 1.11. The number of benzene rings is 2. The van der Waals surface area contributed by atoms with Crippen LogP contribution in [0.15, 0.2) is 54.7 Å². The van der Waals surface area contributed by atoms with Crippen molar-refractivity contribution in [1.29, 1.82) is 5.41 Å². The smallest absolute Gasteiger partial charge is 0.437 e. The number of hydrogen-bond donors (Lipinski definition) is 3. The van der Waals surface area contributed by atoms with Crippen molar-refractivity contribution in [3.8, 4) is 28.4 Å². The summed E-state index contributed by atoms with van der Waals surface area (Å²) >= 11 is 0. The van der Waals surface area contributed by atoms with E-state index in [9.17, 15) is 4.79 Å². The summed E-state index contributed by atoms with van der Waals surface area (Å²) in [7, 11) is 1.25. The lowest BCUT2D eigenvalue weighted by Crippen LogP contribution is -2.10. The Balaban J connectivity index is 1.79. The number of methoxy groups -OCH3 is 1. The van der Waals surface area contributed by atoms with E-state index in [0.29, 0.717) is 17.1 Å². The van der Waals surface area contributed by atoms with Gasteiger partial charge in [0, 0.05) is 11.1 Å². The van der Waals surface area contributed by atoms with Gasteiger partial charge in [-0.15, -0.1) is 0 Å². The second-order valence-electron chi connectivity index (χ2n) is 5.22. The highest BCUT2D eigenvalue weighted by Gasteiger charge is 2.08. The minimum Gasteiger partial charge on any atom is -0.437 e. The fraction of sp³-hybridized carbons (Fsp3) is 0.0556. The number of carbonyl (C=O) groups is 1. The Kier molecular flexibility index (Phi) is 4.47. The first-order valence-corrected chi connectivity index (χ1v) is 7.43. The molecule has 7 nitrogen and oxygen atoms in total. The molecule has 25 heavy (non-hydrogen) atoms. The summed E-state index contributed by atoms with van der Waals surface area (Å²) in [6.07, 6.45) is 0.971. The Morgan fingerprint density at radius 1 is 1.08 bits per heavy atom. The van der Waals surface area contributed by atoms with Crippen LogP contribution in [0.4, 0.5) is 4.79 Å². The summed E-state index contributed by atoms with van der Waals surface area (Å²) in [5, 5.41) is 7.42. The van der Waals surface area contributed by atoms with E-state index in [0.717, 1.165) is 16.8 Å². The molecule has 0 saturated heterocycles. The van der Waals surface area contributed by atoms with Crippen LogP contribution in [0.3, 0.4) is 0 Å². The van der Waals surface area contributed by atoms with Crippen molar-refractivity contribution in [2.24, 2.45) is 5.73 Å². The van der Waals surface area contributed by atoms with Gasteiger partial charge in [-0.3, -0.25) is 5.41 Å². The van der Waals surface area contributed by atoms with Crippen LogP contribution >= 0.6 is 0 Å². The molecule has 0 fully saturated rings. The van der Waals surface area contributed by atoms with Crippen molar-refractivity contribution in [3.63, 3.8) is 0 Å². The van der Waals surface area contributed by atoms with Crippen LogP contribution in [0.1, 0.15) is 5.56 Å². The molecule has 0 spiro atoms. The molecule has 4 N–H and O–H groups in total. The van der Waals surface area contributed by atoms with Gasteiger partial charge < -0.3 is 20.2 Å². The predicted molar refractivity (Wildman–Crippen MR) is 93.5 cm³/mol. The largest absolute Gasteiger partial charge is 0.513 e. The summed E-state index contributed by atoms with van der Waals surface area (Å²) in [6.45, 7) is 0. The van der Waals surface area contributed by atoms with E-state index >= 15 is 0 Å². The quantitative estimate of drug-likeness (QED) is 0.293. The number of aromatic nitrogens is 2. The molecule has 3 aromatic rings. The Morgan fingerprint density at radius 3 is 2.32 bits per heavy atom. The van der Waals surface area contributed by atoms with Crippen LogP contribution in [0.25, 0.3) is 22.6 Å². The van der Waals surface area contributed by atoms with E-state index in [1.54, 1.807) is 42.6 Å². The third-order valence-corrected chi connectivity index (χ3v) is 3.58. The van der Waals surface area contributed by atoms with Crippen molar-refractivity contribution in [2.75, 3.05) is 7.11 Å². The molecule has 0 radical (unpaired) electrons. The average molecular weight is 336 g/mol. The van der Waals surface area contributed by atoms with Crippen molar-refractivity contribution in [1.82, 2.24) is 9.97 Å². The maximum atomic E-state index is 11.1. The van der Waals surface area contributed by atoms with Gasteiger partial charge in [0.25, 0.3) is 0 Å². The summed E-state index contributed by atoms with van der Waals surface area (Å²) in [5.41, 5.74) is 8.77. The summed E-state index contributed by atoms with van der Waals surface area (Å²) in [6, 6.07) is 14.2. The zero-order valence-corrected chi connectivity index (χ0v) is 13.4. The van der Waals surface area contributed by atoms with Crippen molar-refractivity contribution in [2.45, 2.75) is 0 Å². The molecular weight excluding hydrogens is 320 g/mol. The lowest BCUT2D eigenvalue weighted by molar-refractivity contribution is 0.121. The third kappa shape index (κ3) is 3.66. The maximum absolute atomic E-state index is 11.1. The van der Waals surface area contributed by atoms with Gasteiger partial charge >= 0.3 is 6.16 Å². The van der Waals surface area contributed by atoms with Crippen molar-refractivity contribution < 1.29 is 14.3 Å². The van der Waals surface area contributed by atoms with Gasteiger partial charge in [0.15, 0.2) is 0 Å². The fourth-order valence-electron chi connectivity index (χ4n) is 2.26. The molecule has 2 aromatic carbocycles. The molecule has 126 valence electrons. The number of nitrogen functional groups attached to an aromatic ring is 1. The van der Waals surface area contributed by atoms with Gasteiger partial charge in [-0.2, -0.15) is 0 Å². The number of amidine groups is 1. The predicted octanol–water partition coefficient (Wildman–Crippen LogP) is 3.17. The molecule has 0 aliphatic carbocycles. The number of nitrogens with two attached hydrogens (primary N) is 1. The lowest BCUT2D eigenvalue weighted by atomic mass is 10.1. The van der Waals surface area contributed by atoms with E-state index in [1.807, 2.05) is 12.1 Å². The topological polar surface area (TPSA) is 114 Å². The van der Waals surface area contributed by atoms with Gasteiger partial charge in [0.2, 0.25) is 0 Å². The molecule has 0 bridgehead atoms. The Morgan fingerprint density at radius 2 is 1.72 bits per heavy atom. The number of nitrogens with one attached hydrogen (secondary N) is 2. The first-order valence-electron chi connectivity index (χ1n) is 7.43. The highest BCUT2D eigenvalue weighted by Crippen LogP contribution is 2.24. The molecule has 0 amide bonds. The number of hydrogen-bond acceptors (Lipinski definition) is 5. The Hall–Kier alpha value is -3.61. The van der Waals surface area contributed by atoms with Crippen LogP contribution in [0, 0.1) is 5.41 Å². The van der Waals surface area contributed by atoms with Crippen LogP contribution in [-0.4, -0.2) is 29.1 Å². The molecule has 0 aliphatic heterocycles. The molecule has 1 aromatic heterocycles. The van der Waals surface area contributed by atoms with Crippen molar-refractivity contribution >= 4 is 12.0 Å². The number of rotatable bonds is 4. The van der Waals surface area contributed by atoms with E-state index in [-0.39, 0.29) is 5.84 Å². The average Bonchev–Trinajstić information content (AvgIpc) is 3.12. The third-order valence-electron chi connectivity index (χ3n) is 3.58. The number of aromatic amines is 1. The monoisotopic (exact) mass is 336 g/mol. The van der Waals surface area contributed by atoms with Gasteiger partial charge in [0.1, 0.15) is 17.4 Å². The molecule has 3 rings (SSSR count). The molecule has 0 aliphatic rings. The maximum Gasteiger partial charge on any atom is 0.513 e. The second-order valence-corrected chi connectivity index (χ2v) is 5.22. The van der Waals surface area contributed by atoms with Gasteiger partial charge in [-0.1, -0.05) is 24.3 Å². The molecule has 7 heteroatoms. The van der Waals surface area contributed by atoms with Crippen LogP contribution in [-0.2, 0) is 4.74 Å². The highest BCUT2D eigenvalue weighted by atomic mass is 16.7. The first-order chi connectivity index (χ1) is 12.1. The van der Waals surface area contributed by atoms with Crippen LogP contribution in [0.2, 0.25) is 0 Å². The van der Waals surface area contributed by atoms with E-state index in [4.69, 9.17) is 15.9 Å². The second kappa shape index (κ2) is 6.88. The summed E-state index contributed by atoms with van der Waals surface area (Å²) in [4.78, 5) is 18.7. The van der Waals surface area contributed by atoms with Gasteiger partial charge in [-0.05, 0) is 29.8 Å². The van der Waals surface area contributed by atoms with E-state index in [2.05, 4.69) is 14.7 Å². The fourth-order valence-corrected chi connectivity index (χ4v) is 2.26. The molecule has 0 unspecified atom stereocenters. The molecular formula is C18H16N4O3.